The average molecular weight is 344 g/mol. The first-order chi connectivity index (χ1) is 11.7. The van der Waals surface area contributed by atoms with E-state index in [4.69, 9.17) is 21.1 Å². The summed E-state index contributed by atoms with van der Waals surface area (Å²) < 4.78 is 26.2. The number of ether oxygens (including phenoxy) is 2. The van der Waals surface area contributed by atoms with Crippen LogP contribution in [-0.4, -0.2) is 19.4 Å². The van der Waals surface area contributed by atoms with E-state index in [0.29, 0.717) is 28.6 Å². The van der Waals surface area contributed by atoms with Crippen LogP contribution in [0.15, 0.2) is 47.5 Å². The Morgan fingerprint density at radius 3 is 2.92 bits per heavy atom. The molecule has 2 heterocycles. The molecule has 0 aliphatic carbocycles. The number of nitrogens with zero attached hydrogens (tertiary/aromatic N) is 1. The second-order valence-electron chi connectivity index (χ2n) is 5.70. The summed E-state index contributed by atoms with van der Waals surface area (Å²) in [6, 6.07) is 10.4. The minimum absolute atomic E-state index is 0.259. The maximum Gasteiger partial charge on any atom is 0.169 e. The number of hydrogen-bond acceptors (Lipinski definition) is 3. The third-order valence-corrected chi connectivity index (χ3v) is 4.40. The summed E-state index contributed by atoms with van der Waals surface area (Å²) in [5.74, 6) is 0.951. The monoisotopic (exact) mass is 343 g/mol. The van der Waals surface area contributed by atoms with Crippen LogP contribution in [0.2, 0.25) is 5.02 Å². The molecule has 0 amide bonds. The number of allylic oxidation sites excluding steroid dienone is 1. The van der Waals surface area contributed by atoms with Crippen molar-refractivity contribution in [1.82, 2.24) is 0 Å². The Hall–Kier alpha value is -2.33. The number of rotatable bonds is 2. The van der Waals surface area contributed by atoms with Crippen LogP contribution in [0.3, 0.4) is 0 Å². The lowest BCUT2D eigenvalue weighted by atomic mass is 9.99. The second kappa shape index (κ2) is 6.29. The van der Waals surface area contributed by atoms with E-state index in [9.17, 15) is 4.39 Å². The number of para-hydroxylation sites is 1. The molecule has 2 aromatic carbocycles. The number of aliphatic imine (C=N–C) groups is 1. The van der Waals surface area contributed by atoms with E-state index in [1.165, 1.54) is 6.07 Å². The van der Waals surface area contributed by atoms with Gasteiger partial charge in [0.25, 0.3) is 0 Å². The lowest BCUT2D eigenvalue weighted by Crippen LogP contribution is -2.23. The maximum atomic E-state index is 14.2. The number of hydrogen-bond donors (Lipinski definition) is 0. The minimum Gasteiger partial charge on any atom is -0.485 e. The van der Waals surface area contributed by atoms with E-state index < -0.39 is 6.10 Å². The zero-order chi connectivity index (χ0) is 16.5. The van der Waals surface area contributed by atoms with Crippen LogP contribution in [0, 0.1) is 5.82 Å². The molecule has 0 saturated carbocycles. The molecule has 1 unspecified atom stereocenters. The number of benzene rings is 2. The standard InChI is InChI=1S/C19H15ClFNO2/c20-13-4-5-15(16(21)10-13)18-11-23-17-3-1-2-14(19(17)24-18)12-6-8-22-9-7-12/h1-6,9-10,18H,7-8,11H2. The topological polar surface area (TPSA) is 30.8 Å². The van der Waals surface area contributed by atoms with E-state index in [1.54, 1.807) is 12.1 Å². The van der Waals surface area contributed by atoms with Gasteiger partial charge in [-0.2, -0.15) is 0 Å². The van der Waals surface area contributed by atoms with Crippen molar-refractivity contribution in [3.8, 4) is 11.5 Å². The molecular formula is C19H15ClFNO2. The zero-order valence-electron chi connectivity index (χ0n) is 12.8. The Bertz CT molecular complexity index is 847. The highest BCUT2D eigenvalue weighted by molar-refractivity contribution is 6.30. The van der Waals surface area contributed by atoms with Gasteiger partial charge in [-0.25, -0.2) is 4.39 Å². The molecule has 4 rings (SSSR count). The SMILES string of the molecule is Fc1cc(Cl)ccc1C1COc2cccc(C3=CCN=CC3)c2O1. The van der Waals surface area contributed by atoms with E-state index >= 15 is 0 Å². The lowest BCUT2D eigenvalue weighted by Gasteiger charge is -2.29. The molecule has 0 fully saturated rings. The Balaban J connectivity index is 1.70. The highest BCUT2D eigenvalue weighted by atomic mass is 35.5. The van der Waals surface area contributed by atoms with E-state index in [-0.39, 0.29) is 12.4 Å². The van der Waals surface area contributed by atoms with Crippen LogP contribution in [0.25, 0.3) is 5.57 Å². The zero-order valence-corrected chi connectivity index (χ0v) is 13.6. The molecule has 2 aliphatic rings. The smallest absolute Gasteiger partial charge is 0.169 e. The Morgan fingerprint density at radius 2 is 2.12 bits per heavy atom. The van der Waals surface area contributed by atoms with Crippen LogP contribution in [0.4, 0.5) is 4.39 Å². The highest BCUT2D eigenvalue weighted by Gasteiger charge is 2.27. The van der Waals surface area contributed by atoms with Crippen molar-refractivity contribution < 1.29 is 13.9 Å². The fourth-order valence-corrected chi connectivity index (χ4v) is 3.12. The van der Waals surface area contributed by atoms with Gasteiger partial charge < -0.3 is 9.47 Å². The highest BCUT2D eigenvalue weighted by Crippen LogP contribution is 2.43. The van der Waals surface area contributed by atoms with E-state index in [1.807, 2.05) is 24.4 Å². The first-order valence-electron chi connectivity index (χ1n) is 7.77. The third-order valence-electron chi connectivity index (χ3n) is 4.17. The largest absolute Gasteiger partial charge is 0.485 e. The van der Waals surface area contributed by atoms with Crippen LogP contribution in [0.5, 0.6) is 11.5 Å². The Labute approximate surface area is 144 Å². The molecule has 0 radical (unpaired) electrons. The van der Waals surface area contributed by atoms with Crippen molar-refractivity contribution in [2.24, 2.45) is 4.99 Å². The molecule has 122 valence electrons. The summed E-state index contributed by atoms with van der Waals surface area (Å²) >= 11 is 5.83. The molecule has 1 atom stereocenters. The Kier molecular flexibility index (Phi) is 3.98. The van der Waals surface area contributed by atoms with Crippen LogP contribution < -0.4 is 9.47 Å². The molecule has 0 spiro atoms. The van der Waals surface area contributed by atoms with Crippen molar-refractivity contribution in [3.63, 3.8) is 0 Å². The fourth-order valence-electron chi connectivity index (χ4n) is 2.97. The summed E-state index contributed by atoms with van der Waals surface area (Å²) in [6.07, 6.45) is 4.22. The molecular weight excluding hydrogens is 329 g/mol. The van der Waals surface area contributed by atoms with Gasteiger partial charge in [0.15, 0.2) is 17.6 Å². The fraction of sp³-hybridized carbons (Fsp3) is 0.211. The Morgan fingerprint density at radius 1 is 1.21 bits per heavy atom. The summed E-state index contributed by atoms with van der Waals surface area (Å²) in [4.78, 5) is 4.21. The van der Waals surface area contributed by atoms with Crippen molar-refractivity contribution in [2.75, 3.05) is 13.2 Å². The van der Waals surface area contributed by atoms with Gasteiger partial charge in [0.2, 0.25) is 0 Å². The van der Waals surface area contributed by atoms with Gasteiger partial charge in [-0.1, -0.05) is 35.9 Å². The number of dihydropyridines is 1. The quantitative estimate of drug-likeness (QED) is 0.780. The summed E-state index contributed by atoms with van der Waals surface area (Å²) in [5.41, 5.74) is 2.56. The average Bonchev–Trinajstić information content (AvgIpc) is 2.61. The van der Waals surface area contributed by atoms with Crippen LogP contribution in [-0.2, 0) is 0 Å². The van der Waals surface area contributed by atoms with Crippen molar-refractivity contribution in [2.45, 2.75) is 12.5 Å². The van der Waals surface area contributed by atoms with Gasteiger partial charge in [0.1, 0.15) is 12.4 Å². The first-order valence-corrected chi connectivity index (χ1v) is 8.15. The normalized spacial score (nSPS) is 19.1. The number of fused-ring (bicyclic) bond motifs is 1. The second-order valence-corrected chi connectivity index (χ2v) is 6.13. The molecule has 3 nitrogen and oxygen atoms in total. The maximum absolute atomic E-state index is 14.2. The summed E-state index contributed by atoms with van der Waals surface area (Å²) in [6.45, 7) is 0.921. The molecule has 24 heavy (non-hydrogen) atoms. The van der Waals surface area contributed by atoms with Gasteiger partial charge in [-0.3, -0.25) is 4.99 Å². The molecule has 5 heteroatoms. The van der Waals surface area contributed by atoms with Crippen LogP contribution >= 0.6 is 11.6 Å². The van der Waals surface area contributed by atoms with Crippen LogP contribution in [0.1, 0.15) is 23.7 Å². The van der Waals surface area contributed by atoms with Crippen molar-refractivity contribution in [1.29, 1.82) is 0 Å². The number of halogens is 2. The molecule has 2 aromatic rings. The predicted molar refractivity (Wildman–Crippen MR) is 92.7 cm³/mol. The molecule has 0 saturated heterocycles. The van der Waals surface area contributed by atoms with Gasteiger partial charge in [-0.05, 0) is 23.8 Å². The summed E-state index contributed by atoms with van der Waals surface area (Å²) in [5, 5.41) is 0.362. The first kappa shape index (κ1) is 15.2. The van der Waals surface area contributed by atoms with Gasteiger partial charge >= 0.3 is 0 Å². The van der Waals surface area contributed by atoms with E-state index in [0.717, 1.165) is 17.6 Å². The van der Waals surface area contributed by atoms with Crippen molar-refractivity contribution >= 4 is 23.4 Å². The van der Waals surface area contributed by atoms with E-state index in [2.05, 4.69) is 11.1 Å². The van der Waals surface area contributed by atoms with Gasteiger partial charge in [-0.15, -0.1) is 0 Å². The lowest BCUT2D eigenvalue weighted by molar-refractivity contribution is 0.0882. The molecule has 0 N–H and O–H groups in total. The van der Waals surface area contributed by atoms with Gasteiger partial charge in [0, 0.05) is 28.8 Å². The molecule has 0 aromatic heterocycles. The molecule has 0 bridgehead atoms. The predicted octanol–water partition coefficient (Wildman–Crippen LogP) is 4.85. The third kappa shape index (κ3) is 2.78. The minimum atomic E-state index is -0.506. The molecule has 2 aliphatic heterocycles. The van der Waals surface area contributed by atoms with Gasteiger partial charge in [0.05, 0.1) is 6.54 Å². The van der Waals surface area contributed by atoms with Crippen molar-refractivity contribution in [3.05, 3.63) is 64.4 Å². The summed E-state index contributed by atoms with van der Waals surface area (Å²) in [7, 11) is 0.